The molecule has 3 rings (SSSR count). The van der Waals surface area contributed by atoms with Crippen LogP contribution in [0.5, 0.6) is 0 Å². The van der Waals surface area contributed by atoms with Crippen LogP contribution in [0.15, 0.2) is 41.3 Å². The summed E-state index contributed by atoms with van der Waals surface area (Å²) >= 11 is 0. The van der Waals surface area contributed by atoms with E-state index in [1.807, 2.05) is 18.2 Å². The average molecular weight is 170 g/mol. The van der Waals surface area contributed by atoms with Crippen LogP contribution >= 0.6 is 0 Å². The number of rotatable bonds is 0. The highest BCUT2D eigenvalue weighted by atomic mass is 16.3. The molecule has 0 saturated heterocycles. The van der Waals surface area contributed by atoms with Gasteiger partial charge in [0.05, 0.1) is 17.3 Å². The predicted molar refractivity (Wildman–Crippen MR) is 49.3 cm³/mol. The number of hydrogen-bond acceptors (Lipinski definition) is 3. The highest BCUT2D eigenvalue weighted by Crippen LogP contribution is 2.20. The molecule has 2 aromatic heterocycles. The molecule has 2 heterocycles. The van der Waals surface area contributed by atoms with E-state index in [1.54, 1.807) is 18.7 Å². The molecule has 0 amide bonds. The molecule has 3 nitrogen and oxygen atoms in total. The zero-order valence-electron chi connectivity index (χ0n) is 6.77. The summed E-state index contributed by atoms with van der Waals surface area (Å²) in [6.07, 6.45) is 5.04. The lowest BCUT2D eigenvalue weighted by atomic mass is 10.2. The maximum Gasteiger partial charge on any atom is 0.136 e. The summed E-state index contributed by atoms with van der Waals surface area (Å²) in [4.78, 5) is 8.40. The van der Waals surface area contributed by atoms with Crippen molar-refractivity contribution in [2.45, 2.75) is 0 Å². The first-order valence-corrected chi connectivity index (χ1v) is 4.01. The number of nitrogens with zero attached hydrogens (tertiary/aromatic N) is 2. The van der Waals surface area contributed by atoms with Gasteiger partial charge in [0.25, 0.3) is 0 Å². The standard InChI is InChI=1S/C10H6N2O/c1-4-13-10-6-9-8(5-7(1)10)11-2-3-12-9/h1-6H. The first-order chi connectivity index (χ1) is 6.43. The summed E-state index contributed by atoms with van der Waals surface area (Å²) in [6, 6.07) is 5.79. The molecule has 3 aromatic rings. The van der Waals surface area contributed by atoms with E-state index in [0.29, 0.717) is 0 Å². The van der Waals surface area contributed by atoms with Crippen LogP contribution in [0.3, 0.4) is 0 Å². The zero-order valence-corrected chi connectivity index (χ0v) is 6.77. The molecule has 0 N–H and O–H groups in total. The van der Waals surface area contributed by atoms with E-state index < -0.39 is 0 Å². The molecular weight excluding hydrogens is 164 g/mol. The number of fused-ring (bicyclic) bond motifs is 2. The summed E-state index contributed by atoms with van der Waals surface area (Å²) in [5.74, 6) is 0. The van der Waals surface area contributed by atoms with Gasteiger partial charge in [-0.1, -0.05) is 0 Å². The van der Waals surface area contributed by atoms with E-state index in [0.717, 1.165) is 22.0 Å². The predicted octanol–water partition coefficient (Wildman–Crippen LogP) is 2.38. The van der Waals surface area contributed by atoms with Gasteiger partial charge in [-0.05, 0) is 12.1 Å². The first-order valence-electron chi connectivity index (χ1n) is 4.01. The molecule has 0 radical (unpaired) electrons. The molecule has 0 bridgehead atoms. The Morgan fingerprint density at radius 3 is 2.62 bits per heavy atom. The summed E-state index contributed by atoms with van der Waals surface area (Å²) in [6.45, 7) is 0. The Morgan fingerprint density at radius 2 is 1.77 bits per heavy atom. The van der Waals surface area contributed by atoms with E-state index >= 15 is 0 Å². The molecule has 0 fully saturated rings. The van der Waals surface area contributed by atoms with Crippen molar-refractivity contribution in [1.82, 2.24) is 9.97 Å². The van der Waals surface area contributed by atoms with Crippen molar-refractivity contribution in [2.24, 2.45) is 0 Å². The third-order valence-electron chi connectivity index (χ3n) is 2.04. The van der Waals surface area contributed by atoms with Gasteiger partial charge in [-0.2, -0.15) is 0 Å². The molecule has 0 spiro atoms. The van der Waals surface area contributed by atoms with Crippen molar-refractivity contribution in [1.29, 1.82) is 0 Å². The Bertz CT molecular complexity index is 521. The summed E-state index contributed by atoms with van der Waals surface area (Å²) in [5.41, 5.74) is 2.62. The van der Waals surface area contributed by atoms with Crippen LogP contribution in [0.1, 0.15) is 0 Å². The smallest absolute Gasteiger partial charge is 0.136 e. The van der Waals surface area contributed by atoms with Gasteiger partial charge in [0.15, 0.2) is 0 Å². The topological polar surface area (TPSA) is 38.9 Å². The Balaban J connectivity index is 2.57. The molecule has 13 heavy (non-hydrogen) atoms. The van der Waals surface area contributed by atoms with Crippen LogP contribution in [0, 0.1) is 0 Å². The fraction of sp³-hybridized carbons (Fsp3) is 0. The Hall–Kier alpha value is -1.90. The summed E-state index contributed by atoms with van der Waals surface area (Å²) in [7, 11) is 0. The molecular formula is C10H6N2O. The number of furan rings is 1. The Labute approximate surface area is 74.0 Å². The van der Waals surface area contributed by atoms with Crippen molar-refractivity contribution >= 4 is 22.0 Å². The van der Waals surface area contributed by atoms with Crippen LogP contribution in [0.2, 0.25) is 0 Å². The van der Waals surface area contributed by atoms with Gasteiger partial charge < -0.3 is 4.42 Å². The van der Waals surface area contributed by atoms with Gasteiger partial charge in [0.2, 0.25) is 0 Å². The molecule has 3 heteroatoms. The van der Waals surface area contributed by atoms with E-state index in [4.69, 9.17) is 4.42 Å². The van der Waals surface area contributed by atoms with Crippen molar-refractivity contribution in [2.75, 3.05) is 0 Å². The van der Waals surface area contributed by atoms with Gasteiger partial charge in [0.1, 0.15) is 5.58 Å². The van der Waals surface area contributed by atoms with Crippen LogP contribution in [-0.4, -0.2) is 9.97 Å². The lowest BCUT2D eigenvalue weighted by Crippen LogP contribution is -1.80. The van der Waals surface area contributed by atoms with E-state index in [2.05, 4.69) is 9.97 Å². The molecule has 62 valence electrons. The highest BCUT2D eigenvalue weighted by molar-refractivity contribution is 5.91. The second-order valence-corrected chi connectivity index (χ2v) is 2.86. The van der Waals surface area contributed by atoms with Crippen LogP contribution in [0.25, 0.3) is 22.0 Å². The van der Waals surface area contributed by atoms with Gasteiger partial charge >= 0.3 is 0 Å². The zero-order chi connectivity index (χ0) is 8.67. The Morgan fingerprint density at radius 1 is 1.00 bits per heavy atom. The molecule has 0 atom stereocenters. The van der Waals surface area contributed by atoms with Gasteiger partial charge in [-0.25, -0.2) is 0 Å². The minimum atomic E-state index is 0.855. The average Bonchev–Trinajstić information content (AvgIpc) is 2.61. The SMILES string of the molecule is c1cnc2cc3occc3cc2n1. The van der Waals surface area contributed by atoms with Gasteiger partial charge in [0, 0.05) is 23.8 Å². The molecule has 0 aliphatic heterocycles. The molecule has 0 aliphatic rings. The summed E-state index contributed by atoms with van der Waals surface area (Å²) in [5, 5.41) is 1.06. The first kappa shape index (κ1) is 6.60. The molecule has 0 unspecified atom stereocenters. The number of hydrogen-bond donors (Lipinski definition) is 0. The van der Waals surface area contributed by atoms with E-state index in [9.17, 15) is 0 Å². The number of aromatic nitrogens is 2. The monoisotopic (exact) mass is 170 g/mol. The lowest BCUT2D eigenvalue weighted by Gasteiger charge is -1.94. The fourth-order valence-electron chi connectivity index (χ4n) is 1.42. The van der Waals surface area contributed by atoms with E-state index in [1.165, 1.54) is 0 Å². The lowest BCUT2D eigenvalue weighted by molar-refractivity contribution is 0.616. The maximum atomic E-state index is 5.26. The minimum absolute atomic E-state index is 0.855. The second kappa shape index (κ2) is 2.29. The highest BCUT2D eigenvalue weighted by Gasteiger charge is 2.00. The fourth-order valence-corrected chi connectivity index (χ4v) is 1.42. The quantitative estimate of drug-likeness (QED) is 0.520. The van der Waals surface area contributed by atoms with Crippen LogP contribution in [0.4, 0.5) is 0 Å². The molecule has 0 saturated carbocycles. The largest absolute Gasteiger partial charge is 0.464 e. The maximum absolute atomic E-state index is 5.26. The van der Waals surface area contributed by atoms with Gasteiger partial charge in [-0.3, -0.25) is 9.97 Å². The van der Waals surface area contributed by atoms with E-state index in [-0.39, 0.29) is 0 Å². The van der Waals surface area contributed by atoms with Crippen molar-refractivity contribution in [3.63, 3.8) is 0 Å². The molecule has 0 aliphatic carbocycles. The van der Waals surface area contributed by atoms with Crippen molar-refractivity contribution < 1.29 is 4.42 Å². The minimum Gasteiger partial charge on any atom is -0.464 e. The van der Waals surface area contributed by atoms with Crippen LogP contribution < -0.4 is 0 Å². The summed E-state index contributed by atoms with van der Waals surface area (Å²) < 4.78 is 5.26. The number of benzene rings is 1. The van der Waals surface area contributed by atoms with Crippen molar-refractivity contribution in [3.8, 4) is 0 Å². The Kier molecular flexibility index (Phi) is 1.16. The van der Waals surface area contributed by atoms with Gasteiger partial charge in [-0.15, -0.1) is 0 Å². The molecule has 1 aromatic carbocycles. The van der Waals surface area contributed by atoms with Crippen molar-refractivity contribution in [3.05, 3.63) is 36.9 Å². The third kappa shape index (κ3) is 0.902. The third-order valence-corrected chi connectivity index (χ3v) is 2.04. The second-order valence-electron chi connectivity index (χ2n) is 2.86. The van der Waals surface area contributed by atoms with Crippen LogP contribution in [-0.2, 0) is 0 Å². The normalized spacial score (nSPS) is 11.1.